The van der Waals surface area contributed by atoms with Gasteiger partial charge in [-0.25, -0.2) is 0 Å². The summed E-state index contributed by atoms with van der Waals surface area (Å²) in [6.45, 7) is 0. The zero-order valence-corrected chi connectivity index (χ0v) is 4.27. The van der Waals surface area contributed by atoms with Gasteiger partial charge in [-0.05, 0) is 4.99 Å². The summed E-state index contributed by atoms with van der Waals surface area (Å²) >= 11 is 2.97. The van der Waals surface area contributed by atoms with Crippen molar-refractivity contribution in [3.63, 3.8) is 0 Å². The molecule has 28 valence electrons. The van der Waals surface area contributed by atoms with E-state index in [2.05, 4.69) is 15.9 Å². The third-order valence-electron chi connectivity index (χ3n) is 0.194. The fourth-order valence-electron chi connectivity index (χ4n) is 0.0398. The van der Waals surface area contributed by atoms with Gasteiger partial charge in [0, 0.05) is 0 Å². The standard InChI is InChI=1S/C2H4BBrO/c4-2-1-3-5/h1-3,5H/b2-1+. The topological polar surface area (TPSA) is 20.2 Å². The first-order chi connectivity index (χ1) is 2.41. The van der Waals surface area contributed by atoms with Crippen LogP contribution >= 0.6 is 15.9 Å². The Hall–Kier alpha value is 0.245. The van der Waals surface area contributed by atoms with E-state index < -0.39 is 0 Å². The molecule has 0 saturated heterocycles. The van der Waals surface area contributed by atoms with Gasteiger partial charge in [0.05, 0.1) is 0 Å². The van der Waals surface area contributed by atoms with Crippen molar-refractivity contribution in [1.29, 1.82) is 0 Å². The maximum Gasteiger partial charge on any atom is 0.297 e. The third kappa shape index (κ3) is 4.24. The Labute approximate surface area is 40.1 Å². The van der Waals surface area contributed by atoms with E-state index in [4.69, 9.17) is 5.02 Å². The van der Waals surface area contributed by atoms with Gasteiger partial charge in [-0.15, -0.1) is 0 Å². The van der Waals surface area contributed by atoms with Crippen molar-refractivity contribution in [3.05, 3.63) is 11.0 Å². The predicted molar refractivity (Wildman–Crippen MR) is 27.4 cm³/mol. The summed E-state index contributed by atoms with van der Waals surface area (Å²) in [4.78, 5) is 1.62. The van der Waals surface area contributed by atoms with Crippen molar-refractivity contribution in [2.24, 2.45) is 0 Å². The van der Waals surface area contributed by atoms with Gasteiger partial charge in [-0.3, -0.25) is 0 Å². The highest BCUT2D eigenvalue weighted by molar-refractivity contribution is 9.11. The first-order valence-corrected chi connectivity index (χ1v) is 2.19. The second-order valence-corrected chi connectivity index (χ2v) is 1.07. The van der Waals surface area contributed by atoms with Gasteiger partial charge in [-0.1, -0.05) is 21.9 Å². The van der Waals surface area contributed by atoms with Crippen LogP contribution in [0.1, 0.15) is 0 Å². The number of rotatable bonds is 1. The molecule has 0 aliphatic rings. The molecule has 0 saturated carbocycles. The monoisotopic (exact) mass is 134 g/mol. The smallest absolute Gasteiger partial charge is 0.297 e. The Morgan fingerprint density at radius 1 is 1.80 bits per heavy atom. The maximum absolute atomic E-state index is 7.95. The van der Waals surface area contributed by atoms with E-state index in [0.29, 0.717) is 0 Å². The van der Waals surface area contributed by atoms with Crippen LogP contribution in [0.15, 0.2) is 11.0 Å². The van der Waals surface area contributed by atoms with Crippen LogP contribution in [0, 0.1) is 0 Å². The van der Waals surface area contributed by atoms with Crippen molar-refractivity contribution in [2.75, 3.05) is 0 Å². The lowest BCUT2D eigenvalue weighted by molar-refractivity contribution is 0.614. The highest BCUT2D eigenvalue weighted by atomic mass is 79.9. The van der Waals surface area contributed by atoms with Crippen molar-refractivity contribution in [1.82, 2.24) is 0 Å². The van der Waals surface area contributed by atoms with Crippen LogP contribution in [-0.4, -0.2) is 12.5 Å². The molecule has 3 heteroatoms. The predicted octanol–water partition coefficient (Wildman–Crippen LogP) is 0.196. The summed E-state index contributed by atoms with van der Waals surface area (Å²) in [5, 5.41) is 7.95. The molecular formula is C2H4BBrO. The lowest BCUT2D eigenvalue weighted by Crippen LogP contribution is -1.72. The van der Waals surface area contributed by atoms with Gasteiger partial charge < -0.3 is 5.02 Å². The minimum absolute atomic E-state index is 0.116. The quantitative estimate of drug-likeness (QED) is 0.508. The Balaban J connectivity index is 2.62. The van der Waals surface area contributed by atoms with Crippen LogP contribution in [0.5, 0.6) is 0 Å². The molecule has 0 aliphatic heterocycles. The summed E-state index contributed by atoms with van der Waals surface area (Å²) in [7, 11) is 0.116. The Morgan fingerprint density at radius 3 is 2.40 bits per heavy atom. The van der Waals surface area contributed by atoms with E-state index in [-0.39, 0.29) is 7.48 Å². The molecule has 0 aromatic heterocycles. The van der Waals surface area contributed by atoms with Crippen LogP contribution in [0.4, 0.5) is 0 Å². The molecule has 0 atom stereocenters. The zero-order valence-electron chi connectivity index (χ0n) is 2.69. The highest BCUT2D eigenvalue weighted by Crippen LogP contribution is 1.76. The number of hydrogen-bond acceptors (Lipinski definition) is 1. The van der Waals surface area contributed by atoms with Crippen LogP contribution in [-0.2, 0) is 0 Å². The molecule has 0 fully saturated rings. The normalized spacial score (nSPS) is 9.20. The van der Waals surface area contributed by atoms with Crippen LogP contribution < -0.4 is 0 Å². The second-order valence-electron chi connectivity index (χ2n) is 0.544. The molecule has 0 aromatic rings. The minimum Gasteiger partial charge on any atom is -0.450 e. The largest absolute Gasteiger partial charge is 0.450 e. The van der Waals surface area contributed by atoms with E-state index in [1.165, 1.54) is 0 Å². The molecule has 5 heavy (non-hydrogen) atoms. The van der Waals surface area contributed by atoms with Gasteiger partial charge >= 0.3 is 0 Å². The van der Waals surface area contributed by atoms with E-state index >= 15 is 0 Å². The molecule has 0 spiro atoms. The molecule has 0 heterocycles. The molecule has 1 nitrogen and oxygen atoms in total. The second kappa shape index (κ2) is 4.24. The lowest BCUT2D eigenvalue weighted by atomic mass is 10.1. The molecule has 0 unspecified atom stereocenters. The molecule has 0 rings (SSSR count). The Bertz CT molecular complexity index is 36.6. The summed E-state index contributed by atoms with van der Waals surface area (Å²) in [5.74, 6) is 1.60. The maximum atomic E-state index is 7.95. The molecule has 0 amide bonds. The van der Waals surface area contributed by atoms with Gasteiger partial charge in [0.2, 0.25) is 0 Å². The van der Waals surface area contributed by atoms with Crippen LogP contribution in [0.3, 0.4) is 0 Å². The minimum atomic E-state index is 0.116. The Morgan fingerprint density at radius 2 is 2.40 bits per heavy atom. The average molecular weight is 135 g/mol. The van der Waals surface area contributed by atoms with Gasteiger partial charge in [0.15, 0.2) is 0 Å². The molecule has 0 aliphatic carbocycles. The van der Waals surface area contributed by atoms with Gasteiger partial charge in [0.25, 0.3) is 7.48 Å². The lowest BCUT2D eigenvalue weighted by Gasteiger charge is -1.60. The summed E-state index contributed by atoms with van der Waals surface area (Å²) < 4.78 is 0. The van der Waals surface area contributed by atoms with Crippen molar-refractivity contribution in [2.45, 2.75) is 0 Å². The molecule has 1 N–H and O–H groups in total. The van der Waals surface area contributed by atoms with Crippen molar-refractivity contribution < 1.29 is 5.02 Å². The fourth-order valence-corrected chi connectivity index (χ4v) is 0.207. The van der Waals surface area contributed by atoms with Crippen molar-refractivity contribution in [3.8, 4) is 0 Å². The van der Waals surface area contributed by atoms with Gasteiger partial charge in [0.1, 0.15) is 0 Å². The van der Waals surface area contributed by atoms with Crippen LogP contribution in [0.25, 0.3) is 0 Å². The highest BCUT2D eigenvalue weighted by Gasteiger charge is 1.61. The Kier molecular flexibility index (Phi) is 4.45. The summed E-state index contributed by atoms with van der Waals surface area (Å²) in [6, 6.07) is 0. The number of hydrogen-bond donors (Lipinski definition) is 1. The third-order valence-corrected chi connectivity index (χ3v) is 0.568. The first-order valence-electron chi connectivity index (χ1n) is 1.28. The van der Waals surface area contributed by atoms with Gasteiger partial charge in [-0.2, -0.15) is 0 Å². The number of halogens is 1. The molecular weight excluding hydrogens is 131 g/mol. The molecule has 0 aromatic carbocycles. The fraction of sp³-hybridized carbons (Fsp3) is 0. The van der Waals surface area contributed by atoms with E-state index in [1.54, 1.807) is 11.0 Å². The van der Waals surface area contributed by atoms with E-state index in [1.807, 2.05) is 0 Å². The van der Waals surface area contributed by atoms with E-state index in [0.717, 1.165) is 0 Å². The zero-order chi connectivity index (χ0) is 4.12. The van der Waals surface area contributed by atoms with Crippen molar-refractivity contribution >= 4 is 23.4 Å². The average Bonchev–Trinajstić information content (AvgIpc) is 1.41. The molecule has 0 bridgehead atoms. The first kappa shape index (κ1) is 5.24. The summed E-state index contributed by atoms with van der Waals surface area (Å²) in [5.41, 5.74) is 0. The summed E-state index contributed by atoms with van der Waals surface area (Å²) in [6.07, 6.45) is 0. The molecule has 0 radical (unpaired) electrons. The van der Waals surface area contributed by atoms with E-state index in [9.17, 15) is 0 Å². The SMILES string of the molecule is OB/C=C/Br. The van der Waals surface area contributed by atoms with Crippen LogP contribution in [0.2, 0.25) is 0 Å².